The number of halogens is 2. The van der Waals surface area contributed by atoms with Gasteiger partial charge in [-0.2, -0.15) is 0 Å². The van der Waals surface area contributed by atoms with Crippen LogP contribution in [0, 0.1) is 0 Å². The molecule has 2 heterocycles. The molecule has 1 aromatic heterocycles. The fourth-order valence-corrected chi connectivity index (χ4v) is 3.55. The van der Waals surface area contributed by atoms with Crippen molar-refractivity contribution in [1.82, 2.24) is 9.80 Å². The molecule has 136 valence electrons. The zero-order valence-corrected chi connectivity index (χ0v) is 16.4. The Morgan fingerprint density at radius 1 is 1.32 bits per heavy atom. The van der Waals surface area contributed by atoms with Crippen LogP contribution in [-0.2, 0) is 17.8 Å². The molecule has 1 aliphatic heterocycles. The van der Waals surface area contributed by atoms with E-state index in [4.69, 9.17) is 16.0 Å². The molecule has 4 nitrogen and oxygen atoms in total. The quantitative estimate of drug-likeness (QED) is 0.736. The van der Waals surface area contributed by atoms with Crippen LogP contribution in [0.1, 0.15) is 30.7 Å². The molecule has 0 N–H and O–H groups in total. The number of carbonyl (C=O) groups is 1. The van der Waals surface area contributed by atoms with E-state index in [9.17, 15) is 4.79 Å². The maximum atomic E-state index is 12.2. The van der Waals surface area contributed by atoms with Crippen molar-refractivity contribution in [2.45, 2.75) is 26.8 Å². The summed E-state index contributed by atoms with van der Waals surface area (Å²) < 4.78 is 6.02. The second-order valence-electron chi connectivity index (χ2n) is 6.18. The number of amides is 1. The van der Waals surface area contributed by atoms with Gasteiger partial charge in [-0.05, 0) is 51.1 Å². The smallest absolute Gasteiger partial charge is 0.246 e. The predicted octanol–water partition coefficient (Wildman–Crippen LogP) is 4.38. The molecule has 0 fully saturated rings. The number of hydrogen-bond acceptors (Lipinski definition) is 3. The summed E-state index contributed by atoms with van der Waals surface area (Å²) in [7, 11) is 2.09. The molecule has 0 aliphatic carbocycles. The van der Waals surface area contributed by atoms with E-state index in [0.29, 0.717) is 13.1 Å². The number of furan rings is 1. The van der Waals surface area contributed by atoms with Gasteiger partial charge in [0.05, 0.1) is 0 Å². The van der Waals surface area contributed by atoms with Gasteiger partial charge in [0.15, 0.2) is 0 Å². The number of rotatable bonds is 4. The van der Waals surface area contributed by atoms with Crippen molar-refractivity contribution in [3.63, 3.8) is 0 Å². The summed E-state index contributed by atoms with van der Waals surface area (Å²) in [5.74, 6) is 0.760. The SMILES string of the molecule is CCN(CC)C(=O)/C=C/c1oc2ccc(Cl)c3c2c1CN(C)CC3.Cl. The molecule has 1 aliphatic rings. The maximum Gasteiger partial charge on any atom is 0.246 e. The molecule has 2 aromatic rings. The monoisotopic (exact) mass is 382 g/mol. The minimum absolute atomic E-state index is 0. The Bertz CT molecular complexity index is 794. The molecule has 3 rings (SSSR count). The van der Waals surface area contributed by atoms with Gasteiger partial charge < -0.3 is 14.2 Å². The van der Waals surface area contributed by atoms with E-state index in [0.717, 1.165) is 52.4 Å². The summed E-state index contributed by atoms with van der Waals surface area (Å²) in [6, 6.07) is 3.81. The first-order valence-electron chi connectivity index (χ1n) is 8.43. The fraction of sp³-hybridized carbons (Fsp3) is 0.421. The normalized spacial score (nSPS) is 14.6. The first-order chi connectivity index (χ1) is 11.5. The van der Waals surface area contributed by atoms with E-state index in [1.54, 1.807) is 17.1 Å². The molecule has 0 saturated carbocycles. The van der Waals surface area contributed by atoms with Crippen LogP contribution >= 0.6 is 24.0 Å². The standard InChI is InChI=1S/C19H23ClN2O2.ClH/c1-4-22(5-2)18(23)9-8-16-14-12-21(3)11-10-13-15(20)6-7-17(24-16)19(13)14;/h6-9H,4-5,10-12H2,1-3H3;1H/b9-8+;. The summed E-state index contributed by atoms with van der Waals surface area (Å²) in [4.78, 5) is 16.3. The third-order valence-corrected chi connectivity index (χ3v) is 5.01. The summed E-state index contributed by atoms with van der Waals surface area (Å²) in [6.07, 6.45) is 4.31. The zero-order valence-electron chi connectivity index (χ0n) is 14.8. The molecule has 6 heteroatoms. The summed E-state index contributed by atoms with van der Waals surface area (Å²) in [5, 5.41) is 1.90. The Morgan fingerprint density at radius 3 is 2.72 bits per heavy atom. The van der Waals surface area contributed by atoms with Crippen molar-refractivity contribution in [3.8, 4) is 0 Å². The van der Waals surface area contributed by atoms with E-state index in [1.165, 1.54) is 0 Å². The highest BCUT2D eigenvalue weighted by molar-refractivity contribution is 6.32. The van der Waals surface area contributed by atoms with Gasteiger partial charge >= 0.3 is 0 Å². The van der Waals surface area contributed by atoms with Gasteiger partial charge in [-0.15, -0.1) is 12.4 Å². The minimum Gasteiger partial charge on any atom is -0.456 e. The molecular weight excluding hydrogens is 359 g/mol. The first kappa shape index (κ1) is 19.8. The highest BCUT2D eigenvalue weighted by Crippen LogP contribution is 2.36. The van der Waals surface area contributed by atoms with E-state index in [2.05, 4.69) is 11.9 Å². The third-order valence-electron chi connectivity index (χ3n) is 4.66. The Kier molecular flexibility index (Phi) is 6.55. The van der Waals surface area contributed by atoms with Gasteiger partial charge in [-0.1, -0.05) is 11.6 Å². The zero-order chi connectivity index (χ0) is 17.3. The lowest BCUT2D eigenvalue weighted by Crippen LogP contribution is -2.28. The second-order valence-corrected chi connectivity index (χ2v) is 6.58. The summed E-state index contributed by atoms with van der Waals surface area (Å²) in [6.45, 7) is 7.11. The first-order valence-corrected chi connectivity index (χ1v) is 8.81. The van der Waals surface area contributed by atoms with Gasteiger partial charge in [0, 0.05) is 48.2 Å². The Labute approximate surface area is 159 Å². The Balaban J connectivity index is 0.00000225. The van der Waals surface area contributed by atoms with Crippen LogP contribution in [0.15, 0.2) is 22.6 Å². The lowest BCUT2D eigenvalue weighted by atomic mass is 10.0. The van der Waals surface area contributed by atoms with Crippen LogP contribution in [-0.4, -0.2) is 42.4 Å². The van der Waals surface area contributed by atoms with Crippen molar-refractivity contribution >= 4 is 47.0 Å². The second kappa shape index (κ2) is 8.26. The van der Waals surface area contributed by atoms with E-state index in [1.807, 2.05) is 26.0 Å². The molecule has 1 amide bonds. The molecule has 1 aromatic carbocycles. The van der Waals surface area contributed by atoms with E-state index >= 15 is 0 Å². The Hall–Kier alpha value is -1.49. The van der Waals surface area contributed by atoms with Crippen LogP contribution in [0.25, 0.3) is 17.0 Å². The number of benzene rings is 1. The van der Waals surface area contributed by atoms with Crippen molar-refractivity contribution in [1.29, 1.82) is 0 Å². The van der Waals surface area contributed by atoms with Crippen LogP contribution in [0.5, 0.6) is 0 Å². The van der Waals surface area contributed by atoms with E-state index in [-0.39, 0.29) is 18.3 Å². The van der Waals surface area contributed by atoms with Crippen LogP contribution in [0.4, 0.5) is 0 Å². The molecule has 0 radical (unpaired) electrons. The summed E-state index contributed by atoms with van der Waals surface area (Å²) >= 11 is 6.41. The average Bonchev–Trinajstić information content (AvgIpc) is 2.80. The largest absolute Gasteiger partial charge is 0.456 e. The van der Waals surface area contributed by atoms with E-state index < -0.39 is 0 Å². The Morgan fingerprint density at radius 2 is 2.04 bits per heavy atom. The molecule has 25 heavy (non-hydrogen) atoms. The fourth-order valence-electron chi connectivity index (χ4n) is 3.30. The van der Waals surface area contributed by atoms with Crippen LogP contribution in [0.3, 0.4) is 0 Å². The van der Waals surface area contributed by atoms with Gasteiger partial charge in [-0.3, -0.25) is 4.79 Å². The molecule has 0 bridgehead atoms. The molecule has 0 spiro atoms. The molecule has 0 atom stereocenters. The maximum absolute atomic E-state index is 12.2. The third kappa shape index (κ3) is 3.86. The lowest BCUT2D eigenvalue weighted by molar-refractivity contribution is -0.125. The number of likely N-dealkylation sites (N-methyl/N-ethyl adjacent to an activating group) is 2. The van der Waals surface area contributed by atoms with Gasteiger partial charge in [-0.25, -0.2) is 0 Å². The molecule has 0 unspecified atom stereocenters. The highest BCUT2D eigenvalue weighted by atomic mass is 35.5. The average molecular weight is 383 g/mol. The van der Waals surface area contributed by atoms with Crippen LogP contribution < -0.4 is 0 Å². The topological polar surface area (TPSA) is 36.7 Å². The number of carbonyl (C=O) groups excluding carboxylic acids is 1. The van der Waals surface area contributed by atoms with Gasteiger partial charge in [0.1, 0.15) is 11.3 Å². The lowest BCUT2D eigenvalue weighted by Gasteiger charge is -2.16. The molecular formula is C19H24Cl2N2O2. The number of nitrogens with zero attached hydrogens (tertiary/aromatic N) is 2. The van der Waals surface area contributed by atoms with Crippen molar-refractivity contribution in [3.05, 3.63) is 40.1 Å². The van der Waals surface area contributed by atoms with Crippen molar-refractivity contribution in [2.75, 3.05) is 26.7 Å². The minimum atomic E-state index is 0. The predicted molar refractivity (Wildman–Crippen MR) is 105 cm³/mol. The van der Waals surface area contributed by atoms with Gasteiger partial charge in [0.25, 0.3) is 0 Å². The number of hydrogen-bond donors (Lipinski definition) is 0. The van der Waals surface area contributed by atoms with Gasteiger partial charge in [0.2, 0.25) is 5.91 Å². The van der Waals surface area contributed by atoms with Crippen LogP contribution in [0.2, 0.25) is 5.02 Å². The van der Waals surface area contributed by atoms with Crippen molar-refractivity contribution in [2.24, 2.45) is 0 Å². The highest BCUT2D eigenvalue weighted by Gasteiger charge is 2.22. The summed E-state index contributed by atoms with van der Waals surface area (Å²) in [5.41, 5.74) is 3.10. The van der Waals surface area contributed by atoms with Crippen molar-refractivity contribution < 1.29 is 9.21 Å². The molecule has 0 saturated heterocycles.